The lowest BCUT2D eigenvalue weighted by atomic mass is 9.83. The molecular formula is C26H52N6O11. The highest BCUT2D eigenvalue weighted by Crippen LogP contribution is 2.32. The van der Waals surface area contributed by atoms with Gasteiger partial charge >= 0.3 is 0 Å². The second kappa shape index (κ2) is 16.4. The van der Waals surface area contributed by atoms with Crippen molar-refractivity contribution in [2.45, 2.75) is 118 Å². The molecule has 43 heavy (non-hydrogen) atoms. The van der Waals surface area contributed by atoms with Crippen molar-refractivity contribution < 1.29 is 54.4 Å². The van der Waals surface area contributed by atoms with Gasteiger partial charge in [-0.3, -0.25) is 4.79 Å². The van der Waals surface area contributed by atoms with Crippen molar-refractivity contribution in [1.29, 1.82) is 0 Å². The summed E-state index contributed by atoms with van der Waals surface area (Å²) in [6.45, 7) is 1.54. The fraction of sp³-hybridized carbons (Fsp3) is 0.962. The second-order valence-corrected chi connectivity index (χ2v) is 12.0. The molecule has 17 heteroatoms. The Labute approximate surface area is 251 Å². The maximum Gasteiger partial charge on any atom is 0.249 e. The van der Waals surface area contributed by atoms with E-state index in [0.717, 1.165) is 0 Å². The summed E-state index contributed by atoms with van der Waals surface area (Å²) >= 11 is 0. The molecule has 3 fully saturated rings. The largest absolute Gasteiger partial charge is 0.394 e. The van der Waals surface area contributed by atoms with Crippen molar-refractivity contribution in [3.63, 3.8) is 0 Å². The number of aliphatic hydroxyl groups excluding tert-OH is 5. The number of amides is 1. The molecule has 14 unspecified atom stereocenters. The Hall–Kier alpha value is -1.13. The highest BCUT2D eigenvalue weighted by atomic mass is 16.7. The van der Waals surface area contributed by atoms with E-state index in [0.29, 0.717) is 19.4 Å². The number of ether oxygens (including phenoxy) is 4. The fourth-order valence-corrected chi connectivity index (χ4v) is 5.81. The number of nitrogens with one attached hydrogen (secondary N) is 3. The van der Waals surface area contributed by atoms with Crippen LogP contribution in [-0.2, 0) is 23.7 Å². The van der Waals surface area contributed by atoms with Gasteiger partial charge in [0.25, 0.3) is 0 Å². The Morgan fingerprint density at radius 2 is 1.79 bits per heavy atom. The highest BCUT2D eigenvalue weighted by Gasteiger charge is 2.52. The smallest absolute Gasteiger partial charge is 0.249 e. The van der Waals surface area contributed by atoms with Crippen LogP contribution < -0.4 is 33.2 Å². The molecule has 252 valence electrons. The monoisotopic (exact) mass is 624 g/mol. The van der Waals surface area contributed by atoms with E-state index in [2.05, 4.69) is 16.0 Å². The van der Waals surface area contributed by atoms with Crippen molar-refractivity contribution in [1.82, 2.24) is 16.0 Å². The number of aliphatic hydroxyl groups is 6. The quantitative estimate of drug-likeness (QED) is 0.0856. The molecule has 1 amide bonds. The van der Waals surface area contributed by atoms with Gasteiger partial charge in [-0.1, -0.05) is 0 Å². The molecule has 0 bridgehead atoms. The number of hydrogen-bond donors (Lipinski definition) is 12. The predicted octanol–water partition coefficient (Wildman–Crippen LogP) is -6.13. The summed E-state index contributed by atoms with van der Waals surface area (Å²) < 4.78 is 23.9. The molecule has 17 nitrogen and oxygen atoms in total. The van der Waals surface area contributed by atoms with Crippen molar-refractivity contribution in [2.24, 2.45) is 17.2 Å². The molecule has 3 aliphatic rings. The lowest BCUT2D eigenvalue weighted by Gasteiger charge is -2.49. The van der Waals surface area contributed by atoms with Crippen LogP contribution in [0.5, 0.6) is 0 Å². The number of nitrogens with two attached hydrogens (primary N) is 3. The number of likely N-dealkylation sites (N-methyl/N-ethyl adjacent to an activating group) is 1. The van der Waals surface area contributed by atoms with E-state index in [-0.39, 0.29) is 45.2 Å². The van der Waals surface area contributed by atoms with Crippen molar-refractivity contribution in [3.8, 4) is 0 Å². The third kappa shape index (κ3) is 9.44. The molecule has 15 N–H and O–H groups in total. The molecule has 1 aliphatic carbocycles. The summed E-state index contributed by atoms with van der Waals surface area (Å²) in [5, 5.41) is 70.4. The van der Waals surface area contributed by atoms with E-state index < -0.39 is 84.9 Å². The van der Waals surface area contributed by atoms with Gasteiger partial charge in [0.2, 0.25) is 5.91 Å². The van der Waals surface area contributed by atoms with Gasteiger partial charge in [-0.05, 0) is 46.2 Å². The fourth-order valence-electron chi connectivity index (χ4n) is 5.81. The van der Waals surface area contributed by atoms with Crippen molar-refractivity contribution >= 4 is 5.91 Å². The van der Waals surface area contributed by atoms with Crippen LogP contribution in [0.15, 0.2) is 0 Å². The number of rotatable bonds is 14. The molecular weight excluding hydrogens is 572 g/mol. The Kier molecular flexibility index (Phi) is 13.9. The molecule has 0 spiro atoms. The van der Waals surface area contributed by atoms with Gasteiger partial charge in [-0.25, -0.2) is 0 Å². The molecule has 0 aromatic heterocycles. The minimum Gasteiger partial charge on any atom is -0.394 e. The molecule has 0 aromatic rings. The van der Waals surface area contributed by atoms with Crippen LogP contribution >= 0.6 is 0 Å². The highest BCUT2D eigenvalue weighted by molar-refractivity contribution is 5.80. The zero-order valence-corrected chi connectivity index (χ0v) is 24.8. The van der Waals surface area contributed by atoms with Gasteiger partial charge < -0.3 is 82.7 Å². The van der Waals surface area contributed by atoms with E-state index in [1.165, 1.54) is 6.92 Å². The van der Waals surface area contributed by atoms with Crippen LogP contribution in [0.1, 0.15) is 32.6 Å². The van der Waals surface area contributed by atoms with Crippen LogP contribution in [0.3, 0.4) is 0 Å². The molecule has 3 rings (SSSR count). The summed E-state index contributed by atoms with van der Waals surface area (Å²) in [4.78, 5) is 12.7. The van der Waals surface area contributed by atoms with Crippen molar-refractivity contribution in [2.75, 3.05) is 39.9 Å². The van der Waals surface area contributed by atoms with E-state index in [1.807, 2.05) is 0 Å². The normalized spacial score (nSPS) is 41.9. The zero-order chi connectivity index (χ0) is 31.9. The first-order valence-electron chi connectivity index (χ1n) is 14.9. The lowest BCUT2D eigenvalue weighted by molar-refractivity contribution is -0.307. The topological polar surface area (TPSA) is 290 Å². The summed E-state index contributed by atoms with van der Waals surface area (Å²) in [6.07, 6.45) is -8.80. The van der Waals surface area contributed by atoms with Crippen LogP contribution in [-0.4, -0.2) is 162 Å². The Morgan fingerprint density at radius 3 is 2.44 bits per heavy atom. The van der Waals surface area contributed by atoms with Crippen molar-refractivity contribution in [3.05, 3.63) is 0 Å². The molecule has 1 saturated carbocycles. The number of carbonyl (C=O) groups is 1. The molecule has 14 atom stereocenters. The summed E-state index contributed by atoms with van der Waals surface area (Å²) in [5.41, 5.74) is 16.8. The average molecular weight is 625 g/mol. The molecule has 2 heterocycles. The third-order valence-electron chi connectivity index (χ3n) is 8.27. The number of carbonyl (C=O) groups excluding carboxylic acids is 1. The van der Waals surface area contributed by atoms with Gasteiger partial charge in [-0.15, -0.1) is 0 Å². The maximum atomic E-state index is 12.7. The first-order chi connectivity index (χ1) is 20.3. The van der Waals surface area contributed by atoms with Crippen LogP contribution in [0, 0.1) is 0 Å². The Morgan fingerprint density at radius 1 is 1.09 bits per heavy atom. The van der Waals surface area contributed by atoms with E-state index in [9.17, 15) is 30.3 Å². The minimum atomic E-state index is -1.47. The third-order valence-corrected chi connectivity index (χ3v) is 8.27. The van der Waals surface area contributed by atoms with Gasteiger partial charge in [0.05, 0.1) is 43.5 Å². The van der Waals surface area contributed by atoms with Crippen LogP contribution in [0.2, 0.25) is 0 Å². The first kappa shape index (κ1) is 36.3. The lowest BCUT2D eigenvalue weighted by Crippen LogP contribution is -2.69. The van der Waals surface area contributed by atoms with Crippen LogP contribution in [0.4, 0.5) is 0 Å². The van der Waals surface area contributed by atoms with E-state index in [1.54, 1.807) is 7.05 Å². The van der Waals surface area contributed by atoms with Gasteiger partial charge in [-0.2, -0.15) is 0 Å². The average Bonchev–Trinajstić information content (AvgIpc) is 2.95. The SMILES string of the molecule is CNC1C(O)C(OC2C(NC(=O)C(O)CCN)CC(N)C(OC3OC(CNCC(O)CO)CCC3N)C2O)OCC1(C)O. The zero-order valence-electron chi connectivity index (χ0n) is 24.8. The summed E-state index contributed by atoms with van der Waals surface area (Å²) in [6, 6.07) is -3.13. The molecule has 0 radical (unpaired) electrons. The Balaban J connectivity index is 1.76. The van der Waals surface area contributed by atoms with Gasteiger partial charge in [0, 0.05) is 19.1 Å². The van der Waals surface area contributed by atoms with E-state index in [4.69, 9.17) is 41.3 Å². The number of hydrogen-bond acceptors (Lipinski definition) is 16. The molecule has 2 saturated heterocycles. The van der Waals surface area contributed by atoms with E-state index >= 15 is 0 Å². The second-order valence-electron chi connectivity index (χ2n) is 12.0. The molecule has 2 aliphatic heterocycles. The maximum absolute atomic E-state index is 12.7. The van der Waals surface area contributed by atoms with Gasteiger partial charge in [0.15, 0.2) is 12.6 Å². The summed E-state index contributed by atoms with van der Waals surface area (Å²) in [5.74, 6) is -0.733. The summed E-state index contributed by atoms with van der Waals surface area (Å²) in [7, 11) is 1.57. The Bertz CT molecular complexity index is 862. The minimum absolute atomic E-state index is 0.0136. The predicted molar refractivity (Wildman–Crippen MR) is 151 cm³/mol. The van der Waals surface area contributed by atoms with Crippen LogP contribution in [0.25, 0.3) is 0 Å². The van der Waals surface area contributed by atoms with Gasteiger partial charge in [0.1, 0.15) is 36.1 Å². The first-order valence-corrected chi connectivity index (χ1v) is 14.9. The standard InChI is InChI=1S/C26H52N6O11/c1-26(39)11-40-25(19(37)22(26)30-2)43-21-16(32-23(38)17(35)5-6-27)7-15(29)20(18(21)36)42-24-14(28)4-3-13(41-24)9-31-8-12(34)10-33/h12-22,24-25,30-31,33-37,39H,3-11,27-29H2,1-2H3,(H,32,38). The molecule has 0 aromatic carbocycles.